The molecule has 0 radical (unpaired) electrons. The van der Waals surface area contributed by atoms with Gasteiger partial charge in [0.2, 0.25) is 0 Å². The van der Waals surface area contributed by atoms with Gasteiger partial charge in [-0.05, 0) is 122 Å². The van der Waals surface area contributed by atoms with Gasteiger partial charge in [0.1, 0.15) is 6.10 Å². The molecule has 0 heterocycles. The Morgan fingerprint density at radius 2 is 1.35 bits per heavy atom. The third-order valence-corrected chi connectivity index (χ3v) is 11.7. The normalized spacial score (nSPS) is 15.6. The molecular weight excluding hydrogens is 677 g/mol. The van der Waals surface area contributed by atoms with E-state index in [2.05, 4.69) is 132 Å². The van der Waals surface area contributed by atoms with Crippen molar-refractivity contribution in [2.24, 2.45) is 0 Å². The van der Waals surface area contributed by atoms with Gasteiger partial charge in [-0.2, -0.15) is 0 Å². The molecule has 0 saturated carbocycles. The lowest BCUT2D eigenvalue weighted by Crippen LogP contribution is -2.42. The first-order valence-electron chi connectivity index (χ1n) is 20.0. The molecule has 0 saturated heterocycles. The van der Waals surface area contributed by atoms with Crippen LogP contribution in [0, 0.1) is 0 Å². The Bertz CT molecular complexity index is 2420. The Kier molecular flexibility index (Phi) is 10.5. The molecule has 2 unspecified atom stereocenters. The summed E-state index contributed by atoms with van der Waals surface area (Å²) in [7, 11) is 0. The highest BCUT2D eigenvalue weighted by molar-refractivity contribution is 6.25. The summed E-state index contributed by atoms with van der Waals surface area (Å²) in [5.74, 6) is -0.703. The zero-order valence-corrected chi connectivity index (χ0v) is 33.4. The lowest BCUT2D eigenvalue weighted by atomic mass is 9.68. The molecule has 1 aliphatic carbocycles. The van der Waals surface area contributed by atoms with Crippen LogP contribution in [-0.4, -0.2) is 24.6 Å². The summed E-state index contributed by atoms with van der Waals surface area (Å²) in [4.78, 5) is 25.5. The first-order chi connectivity index (χ1) is 26.3. The first-order valence-corrected chi connectivity index (χ1v) is 20.0. The second-order valence-corrected chi connectivity index (χ2v) is 16.8. The Morgan fingerprint density at radius 1 is 0.691 bits per heavy atom. The highest BCUT2D eigenvalue weighted by atomic mass is 16.5. The smallest absolute Gasteiger partial charge is 0.333 e. The Morgan fingerprint density at radius 3 is 2.05 bits per heavy atom. The minimum Gasteiger partial charge on any atom is -0.462 e. The average molecular weight is 731 g/mol. The van der Waals surface area contributed by atoms with Gasteiger partial charge in [-0.15, -0.1) is 0 Å². The molecule has 7 rings (SSSR count). The van der Waals surface area contributed by atoms with Crippen molar-refractivity contribution in [2.45, 2.75) is 103 Å². The van der Waals surface area contributed by atoms with Crippen molar-refractivity contribution in [3.63, 3.8) is 0 Å². The van der Waals surface area contributed by atoms with Crippen LogP contribution in [0.1, 0.15) is 103 Å². The number of carbonyl (C=O) groups excluding carboxylic acids is 2. The van der Waals surface area contributed by atoms with Crippen molar-refractivity contribution in [3.05, 3.63) is 132 Å². The topological polar surface area (TPSA) is 52.6 Å². The summed E-state index contributed by atoms with van der Waals surface area (Å²) >= 11 is 0. The minimum atomic E-state index is -0.580. The molecule has 0 amide bonds. The van der Waals surface area contributed by atoms with Crippen molar-refractivity contribution >= 4 is 44.3 Å². The monoisotopic (exact) mass is 730 g/mol. The lowest BCUT2D eigenvalue weighted by molar-refractivity contribution is -0.148. The number of benzene rings is 6. The lowest BCUT2D eigenvalue weighted by Gasteiger charge is -2.40. The molecule has 6 aromatic rings. The van der Waals surface area contributed by atoms with Crippen LogP contribution in [0.2, 0.25) is 0 Å². The zero-order chi connectivity index (χ0) is 39.1. The quantitative estimate of drug-likeness (QED) is 0.0485. The molecule has 4 heteroatoms. The molecule has 1 aliphatic rings. The molecule has 0 fully saturated rings. The summed E-state index contributed by atoms with van der Waals surface area (Å²) < 4.78 is 12.0. The number of rotatable bonds is 14. The summed E-state index contributed by atoms with van der Waals surface area (Å²) in [5, 5.41) is 7.63. The fourth-order valence-electron chi connectivity index (χ4n) is 8.85. The van der Waals surface area contributed by atoms with Crippen LogP contribution in [0.15, 0.2) is 115 Å². The van der Waals surface area contributed by atoms with Gasteiger partial charge in [0.25, 0.3) is 0 Å². The second-order valence-electron chi connectivity index (χ2n) is 16.8. The van der Waals surface area contributed by atoms with E-state index in [4.69, 9.17) is 9.47 Å². The summed E-state index contributed by atoms with van der Waals surface area (Å²) in [5.41, 5.74) is 8.75. The molecule has 0 aromatic heterocycles. The van der Waals surface area contributed by atoms with Gasteiger partial charge < -0.3 is 9.47 Å². The largest absolute Gasteiger partial charge is 0.462 e. The third-order valence-electron chi connectivity index (χ3n) is 11.7. The van der Waals surface area contributed by atoms with E-state index in [1.807, 2.05) is 0 Å². The molecule has 2 atom stereocenters. The average Bonchev–Trinajstić information content (AvgIpc) is 3.45. The molecule has 0 N–H and O–H groups in total. The van der Waals surface area contributed by atoms with E-state index in [0.717, 1.165) is 50.5 Å². The van der Waals surface area contributed by atoms with Crippen molar-refractivity contribution in [2.75, 3.05) is 6.61 Å². The molecule has 6 aromatic carbocycles. The Labute approximate surface area is 326 Å². The molecule has 4 nitrogen and oxygen atoms in total. The predicted molar refractivity (Wildman–Crippen MR) is 229 cm³/mol. The SMILES string of the molecule is C=C(C)C(=O)OCCCCCC1(C(CCCC)OC(=O)C(=C)C)c2ccccc2-c2ccc(-c3ccc4ccc5cc(C(C)(C)C)cc6ccc3c4c56)cc21. The fourth-order valence-corrected chi connectivity index (χ4v) is 8.85. The molecule has 55 heavy (non-hydrogen) atoms. The van der Waals surface area contributed by atoms with Gasteiger partial charge >= 0.3 is 11.9 Å². The van der Waals surface area contributed by atoms with Crippen molar-refractivity contribution in [1.82, 2.24) is 0 Å². The van der Waals surface area contributed by atoms with E-state index in [-0.39, 0.29) is 17.4 Å². The standard InChI is InChI=1S/C51H54O4/c1-9-10-18-45(55-49(53)33(4)5)51(27-14-11-15-28-54-48(52)32(2)3)43-17-13-12-16-40(43)41-25-22-35(31-44(41)51)39-24-21-34-19-20-36-29-38(50(6,7)8)30-37-23-26-42(39)47(34)46(36)37/h12-13,16-17,19-26,29-31,45H,2,4,9-11,14-15,18,27-28H2,1,3,5-8H3. The van der Waals surface area contributed by atoms with Crippen molar-refractivity contribution in [3.8, 4) is 22.3 Å². The molecule has 0 bridgehead atoms. The van der Waals surface area contributed by atoms with Crippen LogP contribution < -0.4 is 0 Å². The van der Waals surface area contributed by atoms with Gasteiger partial charge in [0, 0.05) is 11.1 Å². The zero-order valence-electron chi connectivity index (χ0n) is 33.4. The third kappa shape index (κ3) is 6.97. The molecular formula is C51H54O4. The number of unbranched alkanes of at least 4 members (excludes halogenated alkanes) is 3. The van der Waals surface area contributed by atoms with E-state index in [1.54, 1.807) is 13.8 Å². The first kappa shape index (κ1) is 38.1. The molecule has 0 spiro atoms. The second kappa shape index (κ2) is 15.1. The van der Waals surface area contributed by atoms with Gasteiger partial charge in [-0.25, -0.2) is 9.59 Å². The number of ether oxygens (including phenoxy) is 2. The van der Waals surface area contributed by atoms with Gasteiger partial charge in [-0.3, -0.25) is 0 Å². The van der Waals surface area contributed by atoms with Crippen LogP contribution in [0.25, 0.3) is 54.6 Å². The van der Waals surface area contributed by atoms with Gasteiger partial charge in [-0.1, -0.05) is 145 Å². The molecule has 0 aliphatic heterocycles. The maximum Gasteiger partial charge on any atom is 0.333 e. The van der Waals surface area contributed by atoms with Crippen LogP contribution >= 0.6 is 0 Å². The van der Waals surface area contributed by atoms with Gasteiger partial charge in [0.05, 0.1) is 12.0 Å². The highest BCUT2D eigenvalue weighted by Gasteiger charge is 2.50. The fraction of sp³-hybridized carbons (Fsp3) is 0.333. The Hall–Kier alpha value is -5.22. The number of hydrogen-bond donors (Lipinski definition) is 0. The van der Waals surface area contributed by atoms with Crippen molar-refractivity contribution < 1.29 is 19.1 Å². The summed E-state index contributed by atoms with van der Waals surface area (Å²) in [6, 6.07) is 34.0. The predicted octanol–water partition coefficient (Wildman–Crippen LogP) is 13.2. The van der Waals surface area contributed by atoms with E-state index in [9.17, 15) is 9.59 Å². The van der Waals surface area contributed by atoms with Crippen LogP contribution in [-0.2, 0) is 29.9 Å². The highest BCUT2D eigenvalue weighted by Crippen LogP contribution is 2.56. The van der Waals surface area contributed by atoms with Crippen LogP contribution in [0.3, 0.4) is 0 Å². The van der Waals surface area contributed by atoms with Crippen LogP contribution in [0.5, 0.6) is 0 Å². The van der Waals surface area contributed by atoms with Crippen molar-refractivity contribution in [1.29, 1.82) is 0 Å². The maximum absolute atomic E-state index is 13.5. The number of fused-ring (bicyclic) bond motifs is 3. The number of carbonyl (C=O) groups is 2. The van der Waals surface area contributed by atoms with Crippen LogP contribution in [0.4, 0.5) is 0 Å². The number of hydrogen-bond acceptors (Lipinski definition) is 4. The van der Waals surface area contributed by atoms with E-state index in [0.29, 0.717) is 17.8 Å². The summed E-state index contributed by atoms with van der Waals surface area (Å²) in [6.45, 7) is 20.4. The molecule has 282 valence electrons. The number of esters is 2. The minimum absolute atomic E-state index is 0.0508. The van der Waals surface area contributed by atoms with E-state index >= 15 is 0 Å². The van der Waals surface area contributed by atoms with Gasteiger partial charge in [0.15, 0.2) is 0 Å². The van der Waals surface area contributed by atoms with E-state index < -0.39 is 11.5 Å². The van der Waals surface area contributed by atoms with E-state index in [1.165, 1.54) is 65.7 Å². The maximum atomic E-state index is 13.5. The Balaban J connectivity index is 1.38. The summed E-state index contributed by atoms with van der Waals surface area (Å²) in [6.07, 6.45) is 5.51.